The van der Waals surface area contributed by atoms with Crippen molar-refractivity contribution in [2.45, 2.75) is 39.2 Å². The molecule has 0 radical (unpaired) electrons. The van der Waals surface area contributed by atoms with Gasteiger partial charge in [0.1, 0.15) is 5.75 Å². The van der Waals surface area contributed by atoms with Gasteiger partial charge in [0.2, 0.25) is 5.91 Å². The lowest BCUT2D eigenvalue weighted by atomic mass is 9.83. The average molecular weight is 311 g/mol. The monoisotopic (exact) mass is 311 g/mol. The van der Waals surface area contributed by atoms with Gasteiger partial charge in [-0.05, 0) is 51.0 Å². The van der Waals surface area contributed by atoms with Crippen molar-refractivity contribution in [2.75, 3.05) is 6.61 Å². The molecule has 0 heterocycles. The quantitative estimate of drug-likeness (QED) is 0.866. The Morgan fingerprint density at radius 2 is 1.83 bits per heavy atom. The fourth-order valence-electron chi connectivity index (χ4n) is 2.49. The van der Waals surface area contributed by atoms with Gasteiger partial charge in [-0.25, -0.2) is 0 Å². The molecule has 2 rings (SSSR count). The van der Waals surface area contributed by atoms with Gasteiger partial charge in [-0.15, -0.1) is 0 Å². The summed E-state index contributed by atoms with van der Waals surface area (Å²) in [6, 6.07) is 17.6. The number of carbonyl (C=O) groups excluding carboxylic acids is 1. The summed E-state index contributed by atoms with van der Waals surface area (Å²) < 4.78 is 5.53. The summed E-state index contributed by atoms with van der Waals surface area (Å²) in [4.78, 5) is 12.7. The van der Waals surface area contributed by atoms with E-state index in [-0.39, 0.29) is 11.9 Å². The number of rotatable bonds is 6. The van der Waals surface area contributed by atoms with Crippen LogP contribution in [-0.4, -0.2) is 12.5 Å². The minimum atomic E-state index is -0.576. The molecule has 3 heteroatoms. The molecule has 1 atom stereocenters. The predicted octanol–water partition coefficient (Wildman–Crippen LogP) is 4.24. The van der Waals surface area contributed by atoms with Gasteiger partial charge in [-0.3, -0.25) is 4.79 Å². The minimum absolute atomic E-state index is 0.0120. The van der Waals surface area contributed by atoms with Crippen molar-refractivity contribution in [3.05, 3.63) is 65.7 Å². The molecule has 122 valence electrons. The second-order valence-corrected chi connectivity index (χ2v) is 6.19. The van der Waals surface area contributed by atoms with Gasteiger partial charge in [0.15, 0.2) is 0 Å². The summed E-state index contributed by atoms with van der Waals surface area (Å²) in [6.07, 6.45) is 0. The Balaban J connectivity index is 2.11. The van der Waals surface area contributed by atoms with Crippen molar-refractivity contribution in [3.63, 3.8) is 0 Å². The molecule has 0 aliphatic carbocycles. The fourth-order valence-corrected chi connectivity index (χ4v) is 2.49. The molecule has 0 aliphatic rings. The highest BCUT2D eigenvalue weighted by molar-refractivity contribution is 5.87. The average Bonchev–Trinajstić information content (AvgIpc) is 2.56. The molecular formula is C20H25NO2. The summed E-state index contributed by atoms with van der Waals surface area (Å²) in [6.45, 7) is 8.47. The molecule has 0 aromatic heterocycles. The Labute approximate surface area is 138 Å². The van der Waals surface area contributed by atoms with E-state index in [1.54, 1.807) is 0 Å². The first kappa shape index (κ1) is 17.1. The number of carbonyl (C=O) groups is 1. The van der Waals surface area contributed by atoms with E-state index in [9.17, 15) is 4.79 Å². The van der Waals surface area contributed by atoms with Crippen LogP contribution >= 0.6 is 0 Å². The number of hydrogen-bond donors (Lipinski definition) is 1. The van der Waals surface area contributed by atoms with E-state index in [4.69, 9.17) is 4.74 Å². The number of hydrogen-bond acceptors (Lipinski definition) is 2. The van der Waals surface area contributed by atoms with Crippen molar-refractivity contribution < 1.29 is 9.53 Å². The maximum atomic E-state index is 12.7. The first-order valence-electron chi connectivity index (χ1n) is 8.04. The zero-order valence-electron chi connectivity index (χ0n) is 14.3. The Kier molecular flexibility index (Phi) is 5.43. The number of nitrogens with one attached hydrogen (secondary N) is 1. The van der Waals surface area contributed by atoms with Crippen LogP contribution in [0.25, 0.3) is 0 Å². The van der Waals surface area contributed by atoms with Crippen LogP contribution in [0, 0.1) is 0 Å². The van der Waals surface area contributed by atoms with Gasteiger partial charge in [-0.1, -0.05) is 42.5 Å². The number of benzene rings is 2. The van der Waals surface area contributed by atoms with Gasteiger partial charge in [-0.2, -0.15) is 0 Å². The van der Waals surface area contributed by atoms with Crippen LogP contribution in [0.15, 0.2) is 54.6 Å². The van der Waals surface area contributed by atoms with E-state index < -0.39 is 5.41 Å². The third kappa shape index (κ3) is 4.13. The molecule has 1 N–H and O–H groups in total. The molecule has 0 fully saturated rings. The maximum Gasteiger partial charge on any atom is 0.230 e. The smallest absolute Gasteiger partial charge is 0.230 e. The zero-order chi connectivity index (χ0) is 16.9. The summed E-state index contributed by atoms with van der Waals surface area (Å²) in [5, 5.41) is 3.11. The molecule has 1 amide bonds. The van der Waals surface area contributed by atoms with Crippen molar-refractivity contribution >= 4 is 5.91 Å². The molecule has 0 spiro atoms. The lowest BCUT2D eigenvalue weighted by molar-refractivity contribution is -0.126. The van der Waals surface area contributed by atoms with Gasteiger partial charge in [0.25, 0.3) is 0 Å². The summed E-state index contributed by atoms with van der Waals surface area (Å²) in [7, 11) is 0. The van der Waals surface area contributed by atoms with E-state index in [0.717, 1.165) is 16.9 Å². The normalized spacial score (nSPS) is 12.5. The van der Waals surface area contributed by atoms with Crippen molar-refractivity contribution in [3.8, 4) is 5.75 Å². The van der Waals surface area contributed by atoms with E-state index in [1.807, 2.05) is 82.3 Å². The van der Waals surface area contributed by atoms with Gasteiger partial charge in [0, 0.05) is 0 Å². The molecule has 3 nitrogen and oxygen atoms in total. The first-order valence-corrected chi connectivity index (χ1v) is 8.04. The Hall–Kier alpha value is -2.29. The van der Waals surface area contributed by atoms with Gasteiger partial charge >= 0.3 is 0 Å². The Morgan fingerprint density at radius 1 is 1.13 bits per heavy atom. The molecule has 1 unspecified atom stereocenters. The lowest BCUT2D eigenvalue weighted by Gasteiger charge is -2.26. The molecule has 0 saturated heterocycles. The topological polar surface area (TPSA) is 38.3 Å². The van der Waals surface area contributed by atoms with Crippen LogP contribution < -0.4 is 10.1 Å². The highest BCUT2D eigenvalue weighted by atomic mass is 16.5. The largest absolute Gasteiger partial charge is 0.494 e. The molecular weight excluding hydrogens is 286 g/mol. The second kappa shape index (κ2) is 7.32. The van der Waals surface area contributed by atoms with Crippen molar-refractivity contribution in [1.29, 1.82) is 0 Å². The van der Waals surface area contributed by atoms with Gasteiger partial charge < -0.3 is 10.1 Å². The number of ether oxygens (including phenoxy) is 1. The molecule has 0 aliphatic heterocycles. The maximum absolute atomic E-state index is 12.7. The molecule has 2 aromatic carbocycles. The van der Waals surface area contributed by atoms with E-state index in [2.05, 4.69) is 5.32 Å². The lowest BCUT2D eigenvalue weighted by Crippen LogP contribution is -2.41. The SMILES string of the molecule is CCOc1cccc(C(C)NC(=O)C(C)(C)c2ccccc2)c1. The van der Waals surface area contributed by atoms with Crippen molar-refractivity contribution in [1.82, 2.24) is 5.32 Å². The minimum Gasteiger partial charge on any atom is -0.494 e. The van der Waals surface area contributed by atoms with Crippen LogP contribution in [-0.2, 0) is 10.2 Å². The summed E-state index contributed by atoms with van der Waals surface area (Å²) in [5.74, 6) is 0.839. The zero-order valence-corrected chi connectivity index (χ0v) is 14.3. The molecule has 0 saturated carbocycles. The first-order chi connectivity index (χ1) is 10.9. The fraction of sp³-hybridized carbons (Fsp3) is 0.350. The van der Waals surface area contributed by atoms with E-state index >= 15 is 0 Å². The highest BCUT2D eigenvalue weighted by Gasteiger charge is 2.30. The predicted molar refractivity (Wildman–Crippen MR) is 93.6 cm³/mol. The highest BCUT2D eigenvalue weighted by Crippen LogP contribution is 2.25. The van der Waals surface area contributed by atoms with Crippen LogP contribution in [0.2, 0.25) is 0 Å². The Morgan fingerprint density at radius 3 is 2.48 bits per heavy atom. The Bertz CT molecular complexity index is 650. The summed E-state index contributed by atoms with van der Waals surface area (Å²) in [5.41, 5.74) is 1.47. The summed E-state index contributed by atoms with van der Waals surface area (Å²) >= 11 is 0. The van der Waals surface area contributed by atoms with Gasteiger partial charge in [0.05, 0.1) is 18.1 Å². The molecule has 2 aromatic rings. The van der Waals surface area contributed by atoms with Crippen LogP contribution in [0.5, 0.6) is 5.75 Å². The van der Waals surface area contributed by atoms with Crippen LogP contribution in [0.3, 0.4) is 0 Å². The van der Waals surface area contributed by atoms with E-state index in [0.29, 0.717) is 6.61 Å². The molecule has 0 bridgehead atoms. The van der Waals surface area contributed by atoms with Crippen molar-refractivity contribution in [2.24, 2.45) is 0 Å². The second-order valence-electron chi connectivity index (χ2n) is 6.19. The van der Waals surface area contributed by atoms with Crippen LogP contribution in [0.1, 0.15) is 44.9 Å². The van der Waals surface area contributed by atoms with E-state index in [1.165, 1.54) is 0 Å². The third-order valence-corrected chi connectivity index (χ3v) is 4.08. The molecule has 23 heavy (non-hydrogen) atoms. The standard InChI is InChI=1S/C20H25NO2/c1-5-23-18-13-9-10-16(14-18)15(2)21-19(22)20(3,4)17-11-7-6-8-12-17/h6-15H,5H2,1-4H3,(H,21,22). The number of amides is 1. The van der Waals surface area contributed by atoms with Crippen LogP contribution in [0.4, 0.5) is 0 Å². The third-order valence-electron chi connectivity index (χ3n) is 4.08.